The summed E-state index contributed by atoms with van der Waals surface area (Å²) in [5, 5.41) is 0.101. The van der Waals surface area contributed by atoms with E-state index in [1.54, 1.807) is 18.2 Å². The van der Waals surface area contributed by atoms with Crippen LogP contribution in [0.25, 0.3) is 11.0 Å². The number of alkyl halides is 1. The Bertz CT molecular complexity index is 519. The van der Waals surface area contributed by atoms with Crippen LogP contribution in [0.1, 0.15) is 12.6 Å². The van der Waals surface area contributed by atoms with E-state index in [1.807, 2.05) is 6.92 Å². The van der Waals surface area contributed by atoms with Gasteiger partial charge in [0.2, 0.25) is 0 Å². The molecule has 0 aliphatic carbocycles. The SMILES string of the molecule is CCOc1ccc2nc(CF)c(Cl)nc2c1. The first-order chi connectivity index (χ1) is 7.74. The van der Waals surface area contributed by atoms with Crippen LogP contribution in [-0.2, 0) is 6.67 Å². The highest BCUT2D eigenvalue weighted by molar-refractivity contribution is 6.30. The van der Waals surface area contributed by atoms with E-state index in [1.165, 1.54) is 0 Å². The number of ether oxygens (including phenoxy) is 1. The van der Waals surface area contributed by atoms with E-state index in [2.05, 4.69) is 9.97 Å². The van der Waals surface area contributed by atoms with Gasteiger partial charge in [-0.25, -0.2) is 14.4 Å². The molecule has 0 radical (unpaired) electrons. The molecule has 1 aromatic heterocycles. The molecular weight excluding hydrogens is 231 g/mol. The van der Waals surface area contributed by atoms with Crippen LogP contribution in [0.5, 0.6) is 5.75 Å². The molecule has 2 aromatic rings. The highest BCUT2D eigenvalue weighted by Gasteiger charge is 2.07. The number of halogens is 2. The van der Waals surface area contributed by atoms with E-state index < -0.39 is 6.67 Å². The molecule has 0 N–H and O–H groups in total. The predicted octanol–water partition coefficient (Wildman–Crippen LogP) is 3.15. The zero-order valence-corrected chi connectivity index (χ0v) is 9.46. The lowest BCUT2D eigenvalue weighted by Crippen LogP contribution is -1.95. The lowest BCUT2D eigenvalue weighted by atomic mass is 10.3. The maximum atomic E-state index is 12.5. The van der Waals surface area contributed by atoms with Gasteiger partial charge >= 0.3 is 0 Å². The van der Waals surface area contributed by atoms with Crippen LogP contribution in [-0.4, -0.2) is 16.6 Å². The summed E-state index contributed by atoms with van der Waals surface area (Å²) in [6, 6.07) is 5.25. The second-order valence-electron chi connectivity index (χ2n) is 3.18. The van der Waals surface area contributed by atoms with Crippen molar-refractivity contribution in [3.05, 3.63) is 29.0 Å². The molecule has 84 valence electrons. The maximum absolute atomic E-state index is 12.5. The van der Waals surface area contributed by atoms with Crippen molar-refractivity contribution in [2.24, 2.45) is 0 Å². The van der Waals surface area contributed by atoms with Crippen molar-refractivity contribution in [2.45, 2.75) is 13.6 Å². The smallest absolute Gasteiger partial charge is 0.153 e. The van der Waals surface area contributed by atoms with E-state index in [4.69, 9.17) is 16.3 Å². The number of rotatable bonds is 3. The summed E-state index contributed by atoms with van der Waals surface area (Å²) < 4.78 is 17.8. The first kappa shape index (κ1) is 11.1. The largest absolute Gasteiger partial charge is 0.494 e. The summed E-state index contributed by atoms with van der Waals surface area (Å²) in [6.07, 6.45) is 0. The summed E-state index contributed by atoms with van der Waals surface area (Å²) in [6.45, 7) is 1.76. The number of benzene rings is 1. The van der Waals surface area contributed by atoms with Crippen LogP contribution >= 0.6 is 11.6 Å². The van der Waals surface area contributed by atoms with Crippen LogP contribution in [0, 0.1) is 0 Å². The molecule has 0 unspecified atom stereocenters. The molecule has 1 heterocycles. The second-order valence-corrected chi connectivity index (χ2v) is 3.54. The summed E-state index contributed by atoms with van der Waals surface area (Å²) in [5.41, 5.74) is 1.38. The highest BCUT2D eigenvalue weighted by Crippen LogP contribution is 2.22. The van der Waals surface area contributed by atoms with E-state index in [9.17, 15) is 4.39 Å². The van der Waals surface area contributed by atoms with Gasteiger partial charge < -0.3 is 4.74 Å². The van der Waals surface area contributed by atoms with E-state index >= 15 is 0 Å². The van der Waals surface area contributed by atoms with Crippen molar-refractivity contribution < 1.29 is 9.13 Å². The van der Waals surface area contributed by atoms with Crippen molar-refractivity contribution in [3.8, 4) is 5.75 Å². The minimum Gasteiger partial charge on any atom is -0.494 e. The monoisotopic (exact) mass is 240 g/mol. The Kier molecular flexibility index (Phi) is 3.19. The number of aromatic nitrogens is 2. The Morgan fingerprint density at radius 2 is 2.12 bits per heavy atom. The van der Waals surface area contributed by atoms with Crippen molar-refractivity contribution in [2.75, 3.05) is 6.61 Å². The standard InChI is InChI=1S/C11H10ClFN2O/c1-2-16-7-3-4-8-9(5-7)15-11(12)10(6-13)14-8/h3-5H,2,6H2,1H3. The van der Waals surface area contributed by atoms with E-state index in [0.717, 1.165) is 0 Å². The number of hydrogen-bond acceptors (Lipinski definition) is 3. The first-order valence-electron chi connectivity index (χ1n) is 4.89. The molecule has 2 rings (SSSR count). The quantitative estimate of drug-likeness (QED) is 0.827. The molecule has 0 spiro atoms. The average molecular weight is 241 g/mol. The van der Waals surface area contributed by atoms with Gasteiger partial charge in [0.1, 0.15) is 18.1 Å². The third-order valence-electron chi connectivity index (χ3n) is 2.10. The van der Waals surface area contributed by atoms with Gasteiger partial charge in [0.05, 0.1) is 17.6 Å². The molecule has 0 atom stereocenters. The summed E-state index contributed by atoms with van der Waals surface area (Å²) in [5.74, 6) is 0.702. The zero-order chi connectivity index (χ0) is 11.5. The van der Waals surface area contributed by atoms with Crippen LogP contribution in [0.4, 0.5) is 4.39 Å². The third kappa shape index (κ3) is 2.07. The van der Waals surface area contributed by atoms with Crippen LogP contribution in [0.2, 0.25) is 5.15 Å². The Hall–Kier alpha value is -1.42. The normalized spacial score (nSPS) is 10.7. The molecule has 5 heteroatoms. The molecule has 0 aliphatic rings. The number of nitrogens with zero attached hydrogens (tertiary/aromatic N) is 2. The average Bonchev–Trinajstić information content (AvgIpc) is 2.28. The molecule has 0 fully saturated rings. The minimum atomic E-state index is -0.713. The molecule has 0 bridgehead atoms. The van der Waals surface area contributed by atoms with Crippen molar-refractivity contribution >= 4 is 22.6 Å². The van der Waals surface area contributed by atoms with Gasteiger partial charge in [0.15, 0.2) is 5.15 Å². The van der Waals surface area contributed by atoms with Gasteiger partial charge in [-0.1, -0.05) is 11.6 Å². The van der Waals surface area contributed by atoms with E-state index in [0.29, 0.717) is 23.4 Å². The first-order valence-corrected chi connectivity index (χ1v) is 5.27. The number of hydrogen-bond donors (Lipinski definition) is 0. The molecule has 0 amide bonds. The highest BCUT2D eigenvalue weighted by atomic mass is 35.5. The van der Waals surface area contributed by atoms with Gasteiger partial charge in [0.25, 0.3) is 0 Å². The van der Waals surface area contributed by atoms with Crippen LogP contribution in [0.3, 0.4) is 0 Å². The van der Waals surface area contributed by atoms with Crippen molar-refractivity contribution in [1.29, 1.82) is 0 Å². The second kappa shape index (κ2) is 4.61. The number of fused-ring (bicyclic) bond motifs is 1. The fourth-order valence-electron chi connectivity index (χ4n) is 1.39. The Morgan fingerprint density at radius 1 is 1.31 bits per heavy atom. The molecule has 0 saturated heterocycles. The molecule has 1 aromatic carbocycles. The van der Waals surface area contributed by atoms with Gasteiger partial charge in [0, 0.05) is 6.07 Å². The lowest BCUT2D eigenvalue weighted by molar-refractivity contribution is 0.340. The Labute approximate surface area is 97.2 Å². The topological polar surface area (TPSA) is 35.0 Å². The van der Waals surface area contributed by atoms with E-state index in [-0.39, 0.29) is 10.8 Å². The Balaban J connectivity index is 2.53. The maximum Gasteiger partial charge on any atom is 0.153 e. The molecule has 0 aliphatic heterocycles. The van der Waals surface area contributed by atoms with Crippen molar-refractivity contribution in [3.63, 3.8) is 0 Å². The molecule has 3 nitrogen and oxygen atoms in total. The van der Waals surface area contributed by atoms with Gasteiger partial charge in [-0.05, 0) is 19.1 Å². The Morgan fingerprint density at radius 3 is 2.81 bits per heavy atom. The third-order valence-corrected chi connectivity index (χ3v) is 2.40. The fourth-order valence-corrected chi connectivity index (χ4v) is 1.57. The van der Waals surface area contributed by atoms with Gasteiger partial charge in [-0.3, -0.25) is 0 Å². The predicted molar refractivity (Wildman–Crippen MR) is 60.5 cm³/mol. The van der Waals surface area contributed by atoms with Crippen LogP contribution in [0.15, 0.2) is 18.2 Å². The molecule has 16 heavy (non-hydrogen) atoms. The molecular formula is C11H10ClFN2O. The summed E-state index contributed by atoms with van der Waals surface area (Å²) in [4.78, 5) is 8.14. The molecule has 0 saturated carbocycles. The lowest BCUT2D eigenvalue weighted by Gasteiger charge is -2.05. The summed E-state index contributed by atoms with van der Waals surface area (Å²) in [7, 11) is 0. The van der Waals surface area contributed by atoms with Crippen LogP contribution < -0.4 is 4.74 Å². The minimum absolute atomic E-state index is 0.101. The van der Waals surface area contributed by atoms with Gasteiger partial charge in [-0.2, -0.15) is 0 Å². The van der Waals surface area contributed by atoms with Crippen molar-refractivity contribution in [1.82, 2.24) is 9.97 Å². The van der Waals surface area contributed by atoms with Gasteiger partial charge in [-0.15, -0.1) is 0 Å². The summed E-state index contributed by atoms with van der Waals surface area (Å²) >= 11 is 5.78. The fraction of sp³-hybridized carbons (Fsp3) is 0.273. The zero-order valence-electron chi connectivity index (χ0n) is 8.70.